The SMILES string of the molecule is Cc1ccc(Oc2ccccc2NC(=O)[C@H]2CCNC2)cc1. The maximum atomic E-state index is 12.3. The summed E-state index contributed by atoms with van der Waals surface area (Å²) >= 11 is 0. The number of hydrogen-bond donors (Lipinski definition) is 2. The third-order valence-corrected chi connectivity index (χ3v) is 3.82. The number of anilines is 1. The average molecular weight is 296 g/mol. The van der Waals surface area contributed by atoms with E-state index in [0.717, 1.165) is 25.3 Å². The van der Waals surface area contributed by atoms with Crippen LogP contribution in [-0.2, 0) is 4.79 Å². The number of para-hydroxylation sites is 2. The molecule has 2 aromatic rings. The average Bonchev–Trinajstić information content (AvgIpc) is 3.06. The molecule has 1 atom stereocenters. The molecule has 1 fully saturated rings. The minimum atomic E-state index is 0.0347. The van der Waals surface area contributed by atoms with Crippen molar-refractivity contribution < 1.29 is 9.53 Å². The molecule has 1 saturated heterocycles. The molecule has 0 saturated carbocycles. The Kier molecular flexibility index (Phi) is 4.39. The highest BCUT2D eigenvalue weighted by Crippen LogP contribution is 2.30. The fourth-order valence-electron chi connectivity index (χ4n) is 2.51. The molecule has 1 heterocycles. The van der Waals surface area contributed by atoms with Crippen LogP contribution in [0.2, 0.25) is 0 Å². The number of amides is 1. The number of hydrogen-bond acceptors (Lipinski definition) is 3. The van der Waals surface area contributed by atoms with Gasteiger partial charge in [0.15, 0.2) is 5.75 Å². The largest absolute Gasteiger partial charge is 0.455 e. The van der Waals surface area contributed by atoms with E-state index >= 15 is 0 Å². The van der Waals surface area contributed by atoms with Gasteiger partial charge in [-0.25, -0.2) is 0 Å². The van der Waals surface area contributed by atoms with Crippen molar-refractivity contribution in [3.05, 3.63) is 54.1 Å². The van der Waals surface area contributed by atoms with Gasteiger partial charge in [-0.3, -0.25) is 4.79 Å². The molecule has 0 unspecified atom stereocenters. The topological polar surface area (TPSA) is 50.4 Å². The number of nitrogens with one attached hydrogen (secondary N) is 2. The van der Waals surface area contributed by atoms with Crippen LogP contribution in [0.25, 0.3) is 0 Å². The molecule has 4 nitrogen and oxygen atoms in total. The first-order valence-corrected chi connectivity index (χ1v) is 7.57. The van der Waals surface area contributed by atoms with Gasteiger partial charge in [-0.1, -0.05) is 29.8 Å². The summed E-state index contributed by atoms with van der Waals surface area (Å²) in [6, 6.07) is 15.4. The van der Waals surface area contributed by atoms with Crippen molar-refractivity contribution in [2.45, 2.75) is 13.3 Å². The Morgan fingerprint density at radius 2 is 1.95 bits per heavy atom. The lowest BCUT2D eigenvalue weighted by atomic mass is 10.1. The Balaban J connectivity index is 1.74. The molecule has 1 aliphatic rings. The highest BCUT2D eigenvalue weighted by atomic mass is 16.5. The summed E-state index contributed by atoms with van der Waals surface area (Å²) in [5.41, 5.74) is 1.89. The van der Waals surface area contributed by atoms with Crippen LogP contribution in [0.4, 0.5) is 5.69 Å². The Bertz CT molecular complexity index is 646. The number of aryl methyl sites for hydroxylation is 1. The van der Waals surface area contributed by atoms with E-state index in [0.29, 0.717) is 11.4 Å². The van der Waals surface area contributed by atoms with Crippen LogP contribution in [0, 0.1) is 12.8 Å². The van der Waals surface area contributed by atoms with Crippen molar-refractivity contribution in [2.24, 2.45) is 5.92 Å². The molecule has 2 aromatic carbocycles. The Hall–Kier alpha value is -2.33. The van der Waals surface area contributed by atoms with Crippen LogP contribution in [0.15, 0.2) is 48.5 Å². The van der Waals surface area contributed by atoms with Crippen LogP contribution in [0.1, 0.15) is 12.0 Å². The monoisotopic (exact) mass is 296 g/mol. The molecular weight excluding hydrogens is 276 g/mol. The van der Waals surface area contributed by atoms with Gasteiger partial charge in [0.05, 0.1) is 11.6 Å². The van der Waals surface area contributed by atoms with E-state index in [1.165, 1.54) is 5.56 Å². The van der Waals surface area contributed by atoms with Crippen LogP contribution in [-0.4, -0.2) is 19.0 Å². The van der Waals surface area contributed by atoms with Gasteiger partial charge in [0, 0.05) is 6.54 Å². The number of carbonyl (C=O) groups excluding carboxylic acids is 1. The maximum absolute atomic E-state index is 12.3. The van der Waals surface area contributed by atoms with Crippen LogP contribution in [0.5, 0.6) is 11.5 Å². The normalized spacial score (nSPS) is 17.2. The minimum Gasteiger partial charge on any atom is -0.455 e. The molecule has 3 rings (SSSR count). The zero-order chi connectivity index (χ0) is 15.4. The summed E-state index contributed by atoms with van der Waals surface area (Å²) in [5, 5.41) is 6.19. The zero-order valence-electron chi connectivity index (χ0n) is 12.6. The second-order valence-electron chi connectivity index (χ2n) is 5.59. The van der Waals surface area contributed by atoms with Crippen molar-refractivity contribution in [1.29, 1.82) is 0 Å². The van der Waals surface area contributed by atoms with Crippen molar-refractivity contribution in [3.8, 4) is 11.5 Å². The predicted octanol–water partition coefficient (Wildman–Crippen LogP) is 3.34. The van der Waals surface area contributed by atoms with Crippen molar-refractivity contribution in [2.75, 3.05) is 18.4 Å². The molecule has 0 bridgehead atoms. The molecule has 1 aliphatic heterocycles. The van der Waals surface area contributed by atoms with Gasteiger partial charge < -0.3 is 15.4 Å². The van der Waals surface area contributed by atoms with Gasteiger partial charge in [0.2, 0.25) is 5.91 Å². The summed E-state index contributed by atoms with van der Waals surface area (Å²) in [6.45, 7) is 3.68. The molecule has 1 amide bonds. The van der Waals surface area contributed by atoms with E-state index in [1.807, 2.05) is 55.5 Å². The first-order chi connectivity index (χ1) is 10.7. The van der Waals surface area contributed by atoms with Crippen molar-refractivity contribution in [3.63, 3.8) is 0 Å². The summed E-state index contributed by atoms with van der Waals surface area (Å²) in [7, 11) is 0. The van der Waals surface area contributed by atoms with Crippen molar-refractivity contribution in [1.82, 2.24) is 5.32 Å². The van der Waals surface area contributed by atoms with Crippen LogP contribution >= 0.6 is 0 Å². The third-order valence-electron chi connectivity index (χ3n) is 3.82. The van der Waals surface area contributed by atoms with E-state index in [2.05, 4.69) is 10.6 Å². The first-order valence-electron chi connectivity index (χ1n) is 7.57. The molecule has 0 spiro atoms. The van der Waals surface area contributed by atoms with Gasteiger partial charge in [0.1, 0.15) is 5.75 Å². The highest BCUT2D eigenvalue weighted by Gasteiger charge is 2.23. The predicted molar refractivity (Wildman–Crippen MR) is 87.3 cm³/mol. The lowest BCUT2D eigenvalue weighted by molar-refractivity contribution is -0.119. The zero-order valence-corrected chi connectivity index (χ0v) is 12.6. The van der Waals surface area contributed by atoms with Gasteiger partial charge >= 0.3 is 0 Å². The molecule has 4 heteroatoms. The van der Waals surface area contributed by atoms with Crippen molar-refractivity contribution >= 4 is 11.6 Å². The van der Waals surface area contributed by atoms with E-state index in [9.17, 15) is 4.79 Å². The summed E-state index contributed by atoms with van der Waals surface area (Å²) in [6.07, 6.45) is 0.882. The van der Waals surface area contributed by atoms with E-state index in [1.54, 1.807) is 0 Å². The smallest absolute Gasteiger partial charge is 0.228 e. The number of benzene rings is 2. The van der Waals surface area contributed by atoms with Gasteiger partial charge in [-0.2, -0.15) is 0 Å². The highest BCUT2D eigenvalue weighted by molar-refractivity contribution is 5.94. The summed E-state index contributed by atoms with van der Waals surface area (Å²) < 4.78 is 5.90. The minimum absolute atomic E-state index is 0.0347. The second kappa shape index (κ2) is 6.62. The third kappa shape index (κ3) is 3.46. The summed E-state index contributed by atoms with van der Waals surface area (Å²) in [4.78, 5) is 12.3. The van der Waals surface area contributed by atoms with Gasteiger partial charge in [-0.15, -0.1) is 0 Å². The lowest BCUT2D eigenvalue weighted by Gasteiger charge is -2.14. The van der Waals surface area contributed by atoms with E-state index in [-0.39, 0.29) is 11.8 Å². The van der Waals surface area contributed by atoms with Gasteiger partial charge in [-0.05, 0) is 44.2 Å². The van der Waals surface area contributed by atoms with E-state index < -0.39 is 0 Å². The molecule has 0 aromatic heterocycles. The maximum Gasteiger partial charge on any atom is 0.228 e. The summed E-state index contributed by atoms with van der Waals surface area (Å²) in [5.74, 6) is 1.50. The van der Waals surface area contributed by atoms with E-state index in [4.69, 9.17) is 4.74 Å². The second-order valence-corrected chi connectivity index (χ2v) is 5.59. The molecule has 2 N–H and O–H groups in total. The standard InChI is InChI=1S/C18H20N2O2/c1-13-6-8-15(9-7-13)22-17-5-3-2-4-16(17)20-18(21)14-10-11-19-12-14/h2-9,14,19H,10-12H2,1H3,(H,20,21)/t14-/m0/s1. The Labute approximate surface area is 130 Å². The fraction of sp³-hybridized carbons (Fsp3) is 0.278. The van der Waals surface area contributed by atoms with Crippen LogP contribution < -0.4 is 15.4 Å². The quantitative estimate of drug-likeness (QED) is 0.910. The number of rotatable bonds is 4. The molecule has 0 aliphatic carbocycles. The fourth-order valence-corrected chi connectivity index (χ4v) is 2.51. The van der Waals surface area contributed by atoms with Crippen LogP contribution in [0.3, 0.4) is 0 Å². The van der Waals surface area contributed by atoms with Gasteiger partial charge in [0.25, 0.3) is 0 Å². The Morgan fingerprint density at radius 3 is 2.68 bits per heavy atom. The number of ether oxygens (including phenoxy) is 1. The molecule has 0 radical (unpaired) electrons. The Morgan fingerprint density at radius 1 is 1.18 bits per heavy atom. The molecule has 22 heavy (non-hydrogen) atoms. The molecule has 114 valence electrons. The first kappa shape index (κ1) is 14.6. The lowest BCUT2D eigenvalue weighted by Crippen LogP contribution is -2.24. The number of carbonyl (C=O) groups is 1. The molecular formula is C18H20N2O2.